The maximum atomic E-state index is 11.9. The third-order valence-electron chi connectivity index (χ3n) is 6.56. The molecule has 6 nitrogen and oxygen atoms in total. The van der Waals surface area contributed by atoms with Crippen molar-refractivity contribution in [1.29, 1.82) is 0 Å². The minimum Gasteiger partial charge on any atom is -0.535 e. The van der Waals surface area contributed by atoms with Gasteiger partial charge in [0.15, 0.2) is 0 Å². The molecule has 0 aromatic heterocycles. The molecular formula is C19H25BN2O4S. The average molecular weight is 388 g/mol. The second-order valence-corrected chi connectivity index (χ2v) is 9.68. The zero-order valence-corrected chi connectivity index (χ0v) is 16.4. The number of thioether (sulfide) groups is 1. The van der Waals surface area contributed by atoms with Crippen LogP contribution in [0.2, 0.25) is 5.82 Å². The number of benzene rings is 1. The molecule has 1 aromatic carbocycles. The fraction of sp³-hybridized carbons (Fsp3) is 0.632. The van der Waals surface area contributed by atoms with Crippen LogP contribution in [-0.4, -0.2) is 78.0 Å². The van der Waals surface area contributed by atoms with Gasteiger partial charge < -0.3 is 24.6 Å². The van der Waals surface area contributed by atoms with Crippen molar-refractivity contribution in [1.82, 2.24) is 9.80 Å². The van der Waals surface area contributed by atoms with Crippen molar-refractivity contribution in [2.24, 2.45) is 5.41 Å². The monoisotopic (exact) mass is 388 g/mol. The number of hydrogen-bond donors (Lipinski definition) is 2. The summed E-state index contributed by atoms with van der Waals surface area (Å²) in [5, 5.41) is 19.8. The normalized spacial score (nSPS) is 28.0. The molecule has 0 radical (unpaired) electrons. The highest BCUT2D eigenvalue weighted by atomic mass is 32.2. The van der Waals surface area contributed by atoms with Crippen molar-refractivity contribution in [2.75, 3.05) is 45.0 Å². The van der Waals surface area contributed by atoms with Crippen LogP contribution in [-0.2, 0) is 0 Å². The predicted octanol–water partition coefficient (Wildman–Crippen LogP) is 1.84. The minimum atomic E-state index is -0.974. The number of likely N-dealkylation sites (tertiary alicyclic amines) is 2. The van der Waals surface area contributed by atoms with Gasteiger partial charge in [-0.3, -0.25) is 0 Å². The van der Waals surface area contributed by atoms with Gasteiger partial charge >= 0.3 is 13.1 Å². The average Bonchev–Trinajstić information content (AvgIpc) is 3.36. The van der Waals surface area contributed by atoms with Crippen LogP contribution in [0.3, 0.4) is 0 Å². The molecule has 0 amide bonds. The third-order valence-corrected chi connectivity index (χ3v) is 7.59. The Balaban J connectivity index is 1.21. The Morgan fingerprint density at radius 1 is 1.33 bits per heavy atom. The van der Waals surface area contributed by atoms with Crippen molar-refractivity contribution in [3.05, 3.63) is 23.3 Å². The van der Waals surface area contributed by atoms with Crippen LogP contribution in [0.1, 0.15) is 35.2 Å². The molecule has 0 bridgehead atoms. The van der Waals surface area contributed by atoms with Crippen molar-refractivity contribution < 1.29 is 19.6 Å². The first-order valence-corrected chi connectivity index (χ1v) is 10.8. The summed E-state index contributed by atoms with van der Waals surface area (Å²) in [7, 11) is -0.872. The summed E-state index contributed by atoms with van der Waals surface area (Å²) in [5.74, 6) is 0.657. The lowest BCUT2D eigenvalue weighted by Crippen LogP contribution is -2.71. The largest absolute Gasteiger partial charge is 0.535 e. The van der Waals surface area contributed by atoms with Crippen LogP contribution < -0.4 is 4.65 Å². The van der Waals surface area contributed by atoms with Gasteiger partial charge in [-0.1, -0.05) is 13.0 Å². The molecule has 3 aliphatic heterocycles. The first kappa shape index (κ1) is 17.9. The van der Waals surface area contributed by atoms with Crippen molar-refractivity contribution >= 4 is 24.8 Å². The smallest absolute Gasteiger partial charge is 0.526 e. The molecular weight excluding hydrogens is 363 g/mol. The summed E-state index contributed by atoms with van der Waals surface area (Å²) in [4.78, 5) is 17.6. The highest BCUT2D eigenvalue weighted by Crippen LogP contribution is 2.60. The molecule has 3 fully saturated rings. The van der Waals surface area contributed by atoms with Gasteiger partial charge in [0.2, 0.25) is 0 Å². The van der Waals surface area contributed by atoms with E-state index in [0.29, 0.717) is 11.2 Å². The molecule has 8 heteroatoms. The lowest BCUT2D eigenvalue weighted by molar-refractivity contribution is -0.110. The highest BCUT2D eigenvalue weighted by molar-refractivity contribution is 7.99. The minimum absolute atomic E-state index is 0.131. The standard InChI is InChI=1S/C19H25BN2O4S/c1-2-21-8-19(9-21)10-22(11-19)5-6-27-15-4-3-12-13-7-14(13)20(25)26-17(12)16(15)18(23)24/h3-4,13-14,25H,2,5-11H2,1H3,(H,23,24). The second kappa shape index (κ2) is 6.41. The molecule has 27 heavy (non-hydrogen) atoms. The van der Waals surface area contributed by atoms with Gasteiger partial charge in [0.1, 0.15) is 11.3 Å². The first-order valence-electron chi connectivity index (χ1n) is 9.82. The van der Waals surface area contributed by atoms with Gasteiger partial charge in [-0.05, 0) is 30.5 Å². The van der Waals surface area contributed by atoms with Gasteiger partial charge in [-0.25, -0.2) is 4.79 Å². The van der Waals surface area contributed by atoms with E-state index in [1.807, 2.05) is 12.1 Å². The summed E-state index contributed by atoms with van der Waals surface area (Å²) < 4.78 is 5.60. The van der Waals surface area contributed by atoms with Crippen molar-refractivity contribution in [3.63, 3.8) is 0 Å². The van der Waals surface area contributed by atoms with Gasteiger partial charge in [0, 0.05) is 54.6 Å². The fourth-order valence-corrected chi connectivity index (χ4v) is 6.15. The lowest BCUT2D eigenvalue weighted by Gasteiger charge is -2.60. The molecule has 1 aliphatic carbocycles. The summed E-state index contributed by atoms with van der Waals surface area (Å²) >= 11 is 1.58. The van der Waals surface area contributed by atoms with Crippen LogP contribution in [0.25, 0.3) is 0 Å². The quantitative estimate of drug-likeness (QED) is 0.569. The van der Waals surface area contributed by atoms with Crippen molar-refractivity contribution in [3.8, 4) is 5.75 Å². The molecule has 1 spiro atoms. The zero-order chi connectivity index (χ0) is 18.8. The van der Waals surface area contributed by atoms with Gasteiger partial charge in [0.05, 0.1) is 0 Å². The van der Waals surface area contributed by atoms with E-state index < -0.39 is 13.1 Å². The third kappa shape index (κ3) is 2.97. The summed E-state index contributed by atoms with van der Waals surface area (Å²) in [6.45, 7) is 9.11. The predicted molar refractivity (Wildman–Crippen MR) is 105 cm³/mol. The van der Waals surface area contributed by atoms with Crippen LogP contribution in [0.5, 0.6) is 5.75 Å². The topological polar surface area (TPSA) is 73.2 Å². The van der Waals surface area contributed by atoms with E-state index in [0.717, 1.165) is 35.7 Å². The van der Waals surface area contributed by atoms with E-state index in [1.54, 1.807) is 11.8 Å². The summed E-state index contributed by atoms with van der Waals surface area (Å²) in [5.41, 5.74) is 1.70. The van der Waals surface area contributed by atoms with E-state index in [2.05, 4.69) is 16.7 Å². The van der Waals surface area contributed by atoms with Crippen LogP contribution in [0, 0.1) is 5.41 Å². The van der Waals surface area contributed by atoms with Crippen LogP contribution in [0.4, 0.5) is 0 Å². The summed E-state index contributed by atoms with van der Waals surface area (Å²) in [6, 6.07) is 3.92. The van der Waals surface area contributed by atoms with Gasteiger partial charge in [-0.15, -0.1) is 11.8 Å². The number of carbonyl (C=O) groups is 1. The Labute approximate surface area is 164 Å². The molecule has 2 N–H and O–H groups in total. The molecule has 2 atom stereocenters. The molecule has 144 valence electrons. The highest BCUT2D eigenvalue weighted by Gasteiger charge is 2.54. The van der Waals surface area contributed by atoms with E-state index >= 15 is 0 Å². The summed E-state index contributed by atoms with van der Waals surface area (Å²) in [6.07, 6.45) is 0.881. The lowest BCUT2D eigenvalue weighted by atomic mass is 9.73. The number of nitrogens with zero attached hydrogens (tertiary/aromatic N) is 2. The fourth-order valence-electron chi connectivity index (χ4n) is 5.09. The molecule has 3 heterocycles. The molecule has 2 saturated heterocycles. The van der Waals surface area contributed by atoms with E-state index in [4.69, 9.17) is 4.65 Å². The SMILES string of the molecule is CCN1CC2(C1)CN(CCSc1ccc3c(c1C(=O)O)OB(O)C1CC31)C2. The molecule has 1 saturated carbocycles. The zero-order valence-electron chi connectivity index (χ0n) is 15.6. The first-order chi connectivity index (χ1) is 13.0. The maximum Gasteiger partial charge on any atom is 0.526 e. The Morgan fingerprint density at radius 3 is 2.78 bits per heavy atom. The molecule has 5 rings (SSSR count). The number of rotatable bonds is 6. The second-order valence-electron chi connectivity index (χ2n) is 8.54. The molecule has 1 aromatic rings. The number of fused-ring (bicyclic) bond motifs is 3. The number of hydrogen-bond acceptors (Lipinski definition) is 6. The van der Waals surface area contributed by atoms with E-state index in [1.165, 1.54) is 26.2 Å². The van der Waals surface area contributed by atoms with Crippen LogP contribution in [0.15, 0.2) is 17.0 Å². The molecule has 4 aliphatic rings. The number of aromatic carboxylic acids is 1. The Kier molecular flexibility index (Phi) is 4.24. The Hall–Kier alpha value is -1.22. The van der Waals surface area contributed by atoms with E-state index in [9.17, 15) is 14.9 Å². The maximum absolute atomic E-state index is 11.9. The van der Waals surface area contributed by atoms with E-state index in [-0.39, 0.29) is 17.3 Å². The Bertz CT molecular complexity index is 777. The Morgan fingerprint density at radius 2 is 2.07 bits per heavy atom. The molecule has 2 unspecified atom stereocenters. The van der Waals surface area contributed by atoms with Crippen LogP contribution >= 0.6 is 11.8 Å². The van der Waals surface area contributed by atoms with Gasteiger partial charge in [-0.2, -0.15) is 0 Å². The number of carboxylic acids is 1. The van der Waals surface area contributed by atoms with Crippen molar-refractivity contribution in [2.45, 2.75) is 30.0 Å². The number of carboxylic acid groups (broad SMARTS) is 1. The van der Waals surface area contributed by atoms with Gasteiger partial charge in [0.25, 0.3) is 0 Å².